The fourth-order valence-corrected chi connectivity index (χ4v) is 2.29. The van der Waals surface area contributed by atoms with Gasteiger partial charge in [0, 0.05) is 18.8 Å². The zero-order valence-electron chi connectivity index (χ0n) is 7.50. The van der Waals surface area contributed by atoms with E-state index in [2.05, 4.69) is 30.7 Å². The molecule has 1 aliphatic rings. The fourth-order valence-electron chi connectivity index (χ4n) is 1.13. The minimum Gasteiger partial charge on any atom is -0.352 e. The summed E-state index contributed by atoms with van der Waals surface area (Å²) in [4.78, 5) is 6.85. The van der Waals surface area contributed by atoms with E-state index in [1.165, 1.54) is 5.17 Å². The lowest BCUT2D eigenvalue weighted by atomic mass is 10.4. The van der Waals surface area contributed by atoms with Crippen LogP contribution in [0.4, 0.5) is 0 Å². The van der Waals surface area contributed by atoms with E-state index >= 15 is 0 Å². The Morgan fingerprint density at radius 1 is 1.55 bits per heavy atom. The van der Waals surface area contributed by atoms with Gasteiger partial charge in [-0.1, -0.05) is 11.8 Å². The number of hydrogen-bond acceptors (Lipinski definition) is 3. The molecule has 0 N–H and O–H groups in total. The van der Waals surface area contributed by atoms with E-state index < -0.39 is 0 Å². The van der Waals surface area contributed by atoms with Crippen LogP contribution in [0.1, 0.15) is 20.8 Å². The van der Waals surface area contributed by atoms with Gasteiger partial charge in [0.25, 0.3) is 0 Å². The van der Waals surface area contributed by atoms with Crippen LogP contribution >= 0.6 is 11.8 Å². The molecular formula is C8H16N2S. The summed E-state index contributed by atoms with van der Waals surface area (Å²) in [5.41, 5.74) is 0. The Morgan fingerprint density at radius 3 is 2.55 bits per heavy atom. The average Bonchev–Trinajstić information content (AvgIpc) is 2.39. The molecule has 1 rings (SSSR count). The van der Waals surface area contributed by atoms with E-state index in [1.807, 2.05) is 11.8 Å². The molecule has 0 aromatic heterocycles. The molecule has 2 nitrogen and oxygen atoms in total. The van der Waals surface area contributed by atoms with Crippen molar-refractivity contribution in [3.05, 3.63) is 0 Å². The Morgan fingerprint density at radius 2 is 2.18 bits per heavy atom. The van der Waals surface area contributed by atoms with Gasteiger partial charge in [-0.3, -0.25) is 4.99 Å². The molecule has 0 aromatic rings. The first-order valence-electron chi connectivity index (χ1n) is 4.23. The minimum absolute atomic E-state index is 0.524. The van der Waals surface area contributed by atoms with Gasteiger partial charge in [-0.2, -0.15) is 0 Å². The topological polar surface area (TPSA) is 15.6 Å². The maximum atomic E-state index is 4.54. The van der Waals surface area contributed by atoms with Crippen LogP contribution < -0.4 is 0 Å². The second kappa shape index (κ2) is 4.00. The lowest BCUT2D eigenvalue weighted by molar-refractivity contribution is 0.473. The second-order valence-electron chi connectivity index (χ2n) is 2.74. The Balaban J connectivity index is 2.52. The maximum Gasteiger partial charge on any atom is 0.159 e. The molecule has 1 heterocycles. The van der Waals surface area contributed by atoms with Gasteiger partial charge in [0.15, 0.2) is 5.17 Å². The minimum atomic E-state index is 0.524. The van der Waals surface area contributed by atoms with Crippen molar-refractivity contribution in [1.29, 1.82) is 0 Å². The molecule has 0 fully saturated rings. The lowest BCUT2D eigenvalue weighted by Crippen LogP contribution is -2.27. The third-order valence-corrected chi connectivity index (χ3v) is 3.09. The summed E-state index contributed by atoms with van der Waals surface area (Å²) in [6.07, 6.45) is 0. The fraction of sp³-hybridized carbons (Fsp3) is 0.875. The molecule has 64 valence electrons. The van der Waals surface area contributed by atoms with Gasteiger partial charge in [0.1, 0.15) is 0 Å². The first kappa shape index (κ1) is 8.91. The molecule has 1 unspecified atom stereocenters. The molecule has 11 heavy (non-hydrogen) atoms. The summed E-state index contributed by atoms with van der Waals surface area (Å²) < 4.78 is 0. The zero-order valence-corrected chi connectivity index (χ0v) is 8.32. The van der Waals surface area contributed by atoms with Crippen molar-refractivity contribution >= 4 is 16.9 Å². The highest BCUT2D eigenvalue weighted by Gasteiger charge is 2.17. The highest BCUT2D eigenvalue weighted by Crippen LogP contribution is 2.19. The molecule has 0 radical (unpaired) electrons. The first-order valence-corrected chi connectivity index (χ1v) is 5.22. The molecule has 0 saturated heterocycles. The van der Waals surface area contributed by atoms with Crippen LogP contribution in [0.5, 0.6) is 0 Å². The van der Waals surface area contributed by atoms with Crippen LogP contribution in [-0.2, 0) is 0 Å². The quantitative estimate of drug-likeness (QED) is 0.631. The van der Waals surface area contributed by atoms with E-state index in [9.17, 15) is 0 Å². The van der Waals surface area contributed by atoms with Crippen LogP contribution in [-0.4, -0.2) is 35.0 Å². The van der Waals surface area contributed by atoms with Crippen LogP contribution in [0.15, 0.2) is 4.99 Å². The number of nitrogens with zero attached hydrogens (tertiary/aromatic N) is 2. The Bertz CT molecular complexity index is 152. The van der Waals surface area contributed by atoms with Crippen molar-refractivity contribution < 1.29 is 0 Å². The molecule has 1 atom stereocenters. The summed E-state index contributed by atoms with van der Waals surface area (Å²) in [7, 11) is 0. The predicted octanol–water partition coefficient (Wildman–Crippen LogP) is 1.82. The first-order chi connectivity index (χ1) is 5.27. The van der Waals surface area contributed by atoms with Gasteiger partial charge >= 0.3 is 0 Å². The summed E-state index contributed by atoms with van der Waals surface area (Å²) in [6.45, 7) is 8.68. The molecule has 0 saturated carbocycles. The highest BCUT2D eigenvalue weighted by molar-refractivity contribution is 8.14. The Kier molecular flexibility index (Phi) is 3.24. The zero-order chi connectivity index (χ0) is 8.27. The molecule has 0 amide bonds. The number of rotatable bonds is 2. The summed E-state index contributed by atoms with van der Waals surface area (Å²) >= 11 is 1.88. The van der Waals surface area contributed by atoms with Crippen molar-refractivity contribution in [3.8, 4) is 0 Å². The van der Waals surface area contributed by atoms with E-state index in [0.717, 1.165) is 18.8 Å². The highest BCUT2D eigenvalue weighted by atomic mass is 32.2. The lowest BCUT2D eigenvalue weighted by Gasteiger charge is -2.19. The predicted molar refractivity (Wildman–Crippen MR) is 52.3 cm³/mol. The maximum absolute atomic E-state index is 4.54. The number of aliphatic imine (C=N–C) groups is 1. The molecule has 0 spiro atoms. The number of thioether (sulfide) groups is 1. The number of amidine groups is 1. The SMILES string of the molecule is CCN(CC)C1=NC(C)CS1. The van der Waals surface area contributed by atoms with Crippen LogP contribution in [0.3, 0.4) is 0 Å². The van der Waals surface area contributed by atoms with Gasteiger partial charge in [-0.15, -0.1) is 0 Å². The van der Waals surface area contributed by atoms with Gasteiger partial charge in [0.05, 0.1) is 6.04 Å². The van der Waals surface area contributed by atoms with Gasteiger partial charge in [0.2, 0.25) is 0 Å². The van der Waals surface area contributed by atoms with Gasteiger partial charge in [-0.25, -0.2) is 0 Å². The van der Waals surface area contributed by atoms with Crippen molar-refractivity contribution in [3.63, 3.8) is 0 Å². The molecule has 0 aliphatic carbocycles. The molecule has 0 aromatic carbocycles. The average molecular weight is 172 g/mol. The smallest absolute Gasteiger partial charge is 0.159 e. The van der Waals surface area contributed by atoms with Gasteiger partial charge < -0.3 is 4.90 Å². The molecule has 1 aliphatic heterocycles. The van der Waals surface area contributed by atoms with Crippen LogP contribution in [0, 0.1) is 0 Å². The Hall–Kier alpha value is -0.180. The molecule has 0 bridgehead atoms. The summed E-state index contributed by atoms with van der Waals surface area (Å²) in [5.74, 6) is 1.16. The van der Waals surface area contributed by atoms with Crippen molar-refractivity contribution in [2.75, 3.05) is 18.8 Å². The normalized spacial score (nSPS) is 23.5. The van der Waals surface area contributed by atoms with Crippen molar-refractivity contribution in [2.45, 2.75) is 26.8 Å². The molecule has 3 heteroatoms. The van der Waals surface area contributed by atoms with E-state index in [-0.39, 0.29) is 0 Å². The molecular weight excluding hydrogens is 156 g/mol. The van der Waals surface area contributed by atoms with Crippen molar-refractivity contribution in [1.82, 2.24) is 4.90 Å². The van der Waals surface area contributed by atoms with Crippen LogP contribution in [0.2, 0.25) is 0 Å². The standard InChI is InChI=1S/C8H16N2S/c1-4-10(5-2)8-9-7(3)6-11-8/h7H,4-6H2,1-3H3. The third-order valence-electron chi connectivity index (χ3n) is 1.82. The van der Waals surface area contributed by atoms with E-state index in [1.54, 1.807) is 0 Å². The van der Waals surface area contributed by atoms with Crippen LogP contribution in [0.25, 0.3) is 0 Å². The van der Waals surface area contributed by atoms with E-state index in [0.29, 0.717) is 6.04 Å². The van der Waals surface area contributed by atoms with Gasteiger partial charge in [-0.05, 0) is 20.8 Å². The third kappa shape index (κ3) is 2.12. The monoisotopic (exact) mass is 172 g/mol. The second-order valence-corrected chi connectivity index (χ2v) is 3.73. The largest absolute Gasteiger partial charge is 0.352 e. The number of hydrogen-bond donors (Lipinski definition) is 0. The summed E-state index contributed by atoms with van der Waals surface area (Å²) in [5, 5.41) is 1.24. The van der Waals surface area contributed by atoms with Crippen molar-refractivity contribution in [2.24, 2.45) is 4.99 Å². The van der Waals surface area contributed by atoms with E-state index in [4.69, 9.17) is 0 Å². The Labute approximate surface area is 73.1 Å². The summed E-state index contributed by atoms with van der Waals surface area (Å²) in [6, 6.07) is 0.524.